The molecule has 0 aliphatic rings. The summed E-state index contributed by atoms with van der Waals surface area (Å²) in [6.45, 7) is 1.59. The van der Waals surface area contributed by atoms with Gasteiger partial charge in [0.25, 0.3) is 0 Å². The molecule has 0 N–H and O–H groups in total. The highest BCUT2D eigenvalue weighted by molar-refractivity contribution is 9.10. The number of hydrogen-bond donors (Lipinski definition) is 0. The number of aromatic nitrogens is 3. The van der Waals surface area contributed by atoms with Gasteiger partial charge in [0.05, 0.1) is 18.7 Å². The quantitative estimate of drug-likeness (QED) is 0.268. The molecule has 3 rings (SSSR count). The van der Waals surface area contributed by atoms with Gasteiger partial charge in [0.1, 0.15) is 22.6 Å². The van der Waals surface area contributed by atoms with Crippen molar-refractivity contribution in [2.45, 2.75) is 17.3 Å². The van der Waals surface area contributed by atoms with Crippen LogP contribution < -0.4 is 9.47 Å². The van der Waals surface area contributed by atoms with Gasteiger partial charge in [-0.15, -0.1) is 10.2 Å². The molecule has 3 aromatic rings. The maximum absolute atomic E-state index is 11.3. The molecule has 0 saturated carbocycles. The number of thioether (sulfide) groups is 1. The number of methoxy groups -OCH3 is 2. The Labute approximate surface area is 180 Å². The maximum atomic E-state index is 11.3. The molecule has 0 aliphatic heterocycles. The summed E-state index contributed by atoms with van der Waals surface area (Å²) >= 11 is 4.75. The monoisotopic (exact) mass is 478 g/mol. The zero-order valence-electron chi connectivity index (χ0n) is 16.0. The molecular formula is C19H19BrN4O4S. The van der Waals surface area contributed by atoms with Gasteiger partial charge in [0.15, 0.2) is 5.16 Å². The van der Waals surface area contributed by atoms with Crippen LogP contribution in [0.2, 0.25) is 0 Å². The molecule has 0 bridgehead atoms. The van der Waals surface area contributed by atoms with Crippen molar-refractivity contribution in [2.24, 2.45) is 0 Å². The molecule has 29 heavy (non-hydrogen) atoms. The normalized spacial score (nSPS) is 11.9. The van der Waals surface area contributed by atoms with E-state index in [4.69, 9.17) is 9.47 Å². The molecule has 1 atom stereocenters. The third-order valence-electron chi connectivity index (χ3n) is 4.24. The predicted octanol–water partition coefficient (Wildman–Crippen LogP) is 4.47. The average Bonchev–Trinajstić information content (AvgIpc) is 3.07. The van der Waals surface area contributed by atoms with Crippen LogP contribution in [-0.4, -0.2) is 40.5 Å². The van der Waals surface area contributed by atoms with Crippen molar-refractivity contribution in [3.05, 3.63) is 68.4 Å². The number of aryl methyl sites for hydroxylation is 1. The van der Waals surface area contributed by atoms with E-state index in [1.54, 1.807) is 20.3 Å². The molecule has 0 unspecified atom stereocenters. The molecule has 10 heteroatoms. The highest BCUT2D eigenvalue weighted by atomic mass is 79.9. The molecule has 8 nitrogen and oxygen atoms in total. The molecule has 0 aliphatic carbocycles. The predicted molar refractivity (Wildman–Crippen MR) is 114 cm³/mol. The van der Waals surface area contributed by atoms with Gasteiger partial charge >= 0.3 is 0 Å². The third kappa shape index (κ3) is 4.88. The summed E-state index contributed by atoms with van der Waals surface area (Å²) in [5.74, 6) is 2.09. The van der Waals surface area contributed by atoms with Gasteiger partial charge in [-0.2, -0.15) is 0 Å². The summed E-state index contributed by atoms with van der Waals surface area (Å²) in [6.07, 6.45) is 0. The number of nitrogens with zero attached hydrogens (tertiary/aromatic N) is 4. The number of rotatable bonds is 8. The van der Waals surface area contributed by atoms with E-state index >= 15 is 0 Å². The number of halogens is 1. The fourth-order valence-electron chi connectivity index (χ4n) is 2.80. The van der Waals surface area contributed by atoms with Gasteiger partial charge in [0, 0.05) is 10.6 Å². The van der Waals surface area contributed by atoms with E-state index in [2.05, 4.69) is 26.1 Å². The van der Waals surface area contributed by atoms with Crippen molar-refractivity contribution in [3.8, 4) is 17.2 Å². The van der Waals surface area contributed by atoms with E-state index in [0.717, 1.165) is 21.5 Å². The van der Waals surface area contributed by atoms with Crippen molar-refractivity contribution in [3.63, 3.8) is 0 Å². The third-order valence-corrected chi connectivity index (χ3v) is 6.04. The van der Waals surface area contributed by atoms with Gasteiger partial charge < -0.3 is 9.47 Å². The molecule has 2 aromatic carbocycles. The van der Waals surface area contributed by atoms with Crippen molar-refractivity contribution >= 4 is 27.7 Å². The summed E-state index contributed by atoms with van der Waals surface area (Å²) in [5, 5.41) is 19.9. The SMILES string of the molecule is COc1ccc(-n2c(C)nnc2S[C@@H](C[N+](=O)[O-])c2ccc(OC)c(Br)c2)cc1. The fraction of sp³-hybridized carbons (Fsp3) is 0.263. The molecule has 0 amide bonds. The zero-order chi connectivity index (χ0) is 21.0. The summed E-state index contributed by atoms with van der Waals surface area (Å²) in [7, 11) is 3.18. The van der Waals surface area contributed by atoms with E-state index in [1.807, 2.05) is 47.9 Å². The Kier molecular flexibility index (Phi) is 6.75. The maximum Gasteiger partial charge on any atom is 0.220 e. The van der Waals surface area contributed by atoms with Gasteiger partial charge in [-0.05, 0) is 64.8 Å². The first-order valence-electron chi connectivity index (χ1n) is 8.61. The van der Waals surface area contributed by atoms with Crippen LogP contribution in [-0.2, 0) is 0 Å². The molecule has 0 radical (unpaired) electrons. The van der Waals surface area contributed by atoms with Crippen LogP contribution in [0.3, 0.4) is 0 Å². The zero-order valence-corrected chi connectivity index (χ0v) is 18.4. The topological polar surface area (TPSA) is 92.3 Å². The Bertz CT molecular complexity index is 1010. The second kappa shape index (κ2) is 9.27. The molecule has 0 fully saturated rings. The largest absolute Gasteiger partial charge is 0.497 e. The van der Waals surface area contributed by atoms with E-state index in [9.17, 15) is 10.1 Å². The average molecular weight is 479 g/mol. The number of hydrogen-bond acceptors (Lipinski definition) is 7. The summed E-state index contributed by atoms with van der Waals surface area (Å²) in [6, 6.07) is 12.9. The second-order valence-electron chi connectivity index (χ2n) is 6.08. The Hall–Kier alpha value is -2.59. The van der Waals surface area contributed by atoms with Crippen LogP contribution in [0.25, 0.3) is 5.69 Å². The lowest BCUT2D eigenvalue weighted by atomic mass is 10.1. The highest BCUT2D eigenvalue weighted by Gasteiger charge is 2.24. The Morgan fingerprint density at radius 2 is 1.90 bits per heavy atom. The number of ether oxygens (including phenoxy) is 2. The van der Waals surface area contributed by atoms with Gasteiger partial charge in [-0.3, -0.25) is 14.7 Å². The van der Waals surface area contributed by atoms with Crippen molar-refractivity contribution in [1.82, 2.24) is 14.8 Å². The minimum atomic E-state index is -0.451. The minimum absolute atomic E-state index is 0.252. The lowest BCUT2D eigenvalue weighted by Gasteiger charge is -2.15. The van der Waals surface area contributed by atoms with E-state index in [0.29, 0.717) is 16.7 Å². The van der Waals surface area contributed by atoms with Crippen molar-refractivity contribution < 1.29 is 14.4 Å². The smallest absolute Gasteiger partial charge is 0.220 e. The second-order valence-corrected chi connectivity index (χ2v) is 8.10. The Morgan fingerprint density at radius 1 is 1.17 bits per heavy atom. The summed E-state index contributed by atoms with van der Waals surface area (Å²) < 4.78 is 13.1. The van der Waals surface area contributed by atoms with E-state index in [-0.39, 0.29) is 11.5 Å². The first-order valence-corrected chi connectivity index (χ1v) is 10.3. The highest BCUT2D eigenvalue weighted by Crippen LogP contribution is 2.38. The van der Waals surface area contributed by atoms with Crippen molar-refractivity contribution in [2.75, 3.05) is 20.8 Å². The van der Waals surface area contributed by atoms with Crippen LogP contribution in [0.5, 0.6) is 11.5 Å². The lowest BCUT2D eigenvalue weighted by Crippen LogP contribution is -2.11. The van der Waals surface area contributed by atoms with Gasteiger partial charge in [-0.1, -0.05) is 17.8 Å². The first kappa shape index (κ1) is 21.1. The fourth-order valence-corrected chi connectivity index (χ4v) is 4.53. The van der Waals surface area contributed by atoms with Crippen LogP contribution in [0.15, 0.2) is 52.1 Å². The molecule has 0 saturated heterocycles. The first-order chi connectivity index (χ1) is 13.9. The van der Waals surface area contributed by atoms with Crippen LogP contribution >= 0.6 is 27.7 Å². The minimum Gasteiger partial charge on any atom is -0.497 e. The number of nitro groups is 1. The Balaban J connectivity index is 1.96. The summed E-state index contributed by atoms with van der Waals surface area (Å²) in [4.78, 5) is 11.0. The molecular weight excluding hydrogens is 460 g/mol. The summed E-state index contributed by atoms with van der Waals surface area (Å²) in [5.41, 5.74) is 1.65. The van der Waals surface area contributed by atoms with Crippen LogP contribution in [0.1, 0.15) is 16.6 Å². The molecule has 152 valence electrons. The molecule has 0 spiro atoms. The van der Waals surface area contributed by atoms with Crippen LogP contribution in [0, 0.1) is 17.0 Å². The van der Waals surface area contributed by atoms with Gasteiger partial charge in [-0.25, -0.2) is 0 Å². The standard InChI is InChI=1S/C19H19BrN4O4S/c1-12-21-22-19(24(12)14-5-7-15(27-2)8-6-14)29-18(11-23(25)26)13-4-9-17(28-3)16(20)10-13/h4-10,18H,11H2,1-3H3/t18-/m0/s1. The van der Waals surface area contributed by atoms with Crippen molar-refractivity contribution in [1.29, 1.82) is 0 Å². The lowest BCUT2D eigenvalue weighted by molar-refractivity contribution is -0.479. The van der Waals surface area contributed by atoms with E-state index < -0.39 is 5.25 Å². The molecule has 1 heterocycles. The van der Waals surface area contributed by atoms with Crippen LogP contribution in [0.4, 0.5) is 0 Å². The number of benzene rings is 2. The Morgan fingerprint density at radius 3 is 2.48 bits per heavy atom. The van der Waals surface area contributed by atoms with Gasteiger partial charge in [0.2, 0.25) is 6.54 Å². The molecule has 1 aromatic heterocycles. The van der Waals surface area contributed by atoms with E-state index in [1.165, 1.54) is 11.8 Å².